The average Bonchev–Trinajstić information content (AvgIpc) is 2.63. The van der Waals surface area contributed by atoms with Crippen LogP contribution >= 0.6 is 0 Å². The van der Waals surface area contributed by atoms with Crippen LogP contribution in [-0.2, 0) is 0 Å². The van der Waals surface area contributed by atoms with Crippen LogP contribution in [0.1, 0.15) is 22.8 Å². The van der Waals surface area contributed by atoms with E-state index in [-0.39, 0.29) is 11.3 Å². The highest BCUT2D eigenvalue weighted by Gasteiger charge is 2.16. The van der Waals surface area contributed by atoms with Gasteiger partial charge in [-0.3, -0.25) is 9.79 Å². The van der Waals surface area contributed by atoms with Gasteiger partial charge in [0.05, 0.1) is 12.1 Å². The summed E-state index contributed by atoms with van der Waals surface area (Å²) >= 11 is 0. The molecule has 1 aromatic carbocycles. The molecule has 0 unspecified atom stereocenters. The van der Waals surface area contributed by atoms with Gasteiger partial charge in [0.1, 0.15) is 11.7 Å². The van der Waals surface area contributed by atoms with Gasteiger partial charge in [0.25, 0.3) is 0 Å². The first-order valence-electron chi connectivity index (χ1n) is 5.16. The number of aliphatic imine (C=N–C) groups is 1. The Morgan fingerprint density at radius 3 is 2.75 bits per heavy atom. The Bertz CT molecular complexity index is 468. The van der Waals surface area contributed by atoms with E-state index in [4.69, 9.17) is 0 Å². The largest absolute Gasteiger partial charge is 0.358 e. The standard InChI is InChI=1S/C12H13FN2O/c1-8(16)10-4-3-9(7-11(10)13)12-14-5-6-15(12)2/h3-4,7H,5-6H2,1-2H3. The van der Waals surface area contributed by atoms with Gasteiger partial charge in [-0.2, -0.15) is 0 Å². The Hall–Kier alpha value is -1.71. The molecule has 16 heavy (non-hydrogen) atoms. The van der Waals surface area contributed by atoms with Gasteiger partial charge < -0.3 is 4.90 Å². The number of halogens is 1. The first kappa shape index (κ1) is 10.8. The second kappa shape index (κ2) is 4.04. The third-order valence-electron chi connectivity index (χ3n) is 2.67. The van der Waals surface area contributed by atoms with Crippen molar-refractivity contribution in [2.75, 3.05) is 20.1 Å². The highest BCUT2D eigenvalue weighted by atomic mass is 19.1. The Balaban J connectivity index is 2.38. The van der Waals surface area contributed by atoms with Crippen LogP contribution in [0.3, 0.4) is 0 Å². The maximum Gasteiger partial charge on any atom is 0.162 e. The summed E-state index contributed by atoms with van der Waals surface area (Å²) in [7, 11) is 1.92. The summed E-state index contributed by atoms with van der Waals surface area (Å²) in [4.78, 5) is 17.4. The topological polar surface area (TPSA) is 32.7 Å². The number of benzene rings is 1. The van der Waals surface area contributed by atoms with Gasteiger partial charge in [-0.1, -0.05) is 6.07 Å². The number of hydrogen-bond acceptors (Lipinski definition) is 3. The fourth-order valence-electron chi connectivity index (χ4n) is 1.78. The first-order chi connectivity index (χ1) is 7.59. The van der Waals surface area contributed by atoms with E-state index in [1.54, 1.807) is 6.07 Å². The summed E-state index contributed by atoms with van der Waals surface area (Å²) in [5, 5.41) is 0. The van der Waals surface area contributed by atoms with Crippen molar-refractivity contribution in [3.8, 4) is 0 Å². The highest BCUT2D eigenvalue weighted by molar-refractivity contribution is 6.01. The molecule has 0 N–H and O–H groups in total. The SMILES string of the molecule is CC(=O)c1ccc(C2=NCCN2C)cc1F. The smallest absolute Gasteiger partial charge is 0.162 e. The van der Waals surface area contributed by atoms with Crippen LogP contribution in [0.25, 0.3) is 0 Å². The van der Waals surface area contributed by atoms with E-state index in [0.29, 0.717) is 0 Å². The molecule has 1 heterocycles. The van der Waals surface area contributed by atoms with Crippen LogP contribution in [0.4, 0.5) is 4.39 Å². The molecule has 0 atom stereocenters. The number of carbonyl (C=O) groups is 1. The predicted octanol–water partition coefficient (Wildman–Crippen LogP) is 1.72. The highest BCUT2D eigenvalue weighted by Crippen LogP contribution is 2.15. The molecule has 3 nitrogen and oxygen atoms in total. The monoisotopic (exact) mass is 220 g/mol. The maximum atomic E-state index is 13.6. The summed E-state index contributed by atoms with van der Waals surface area (Å²) in [6.07, 6.45) is 0. The van der Waals surface area contributed by atoms with Crippen molar-refractivity contribution in [1.29, 1.82) is 0 Å². The molecule has 0 fully saturated rings. The van der Waals surface area contributed by atoms with Crippen LogP contribution in [-0.4, -0.2) is 36.7 Å². The van der Waals surface area contributed by atoms with Gasteiger partial charge in [0.15, 0.2) is 5.78 Å². The minimum Gasteiger partial charge on any atom is -0.358 e. The molecule has 0 aromatic heterocycles. The molecule has 0 aliphatic carbocycles. The van der Waals surface area contributed by atoms with Crippen LogP contribution in [0.15, 0.2) is 23.2 Å². The number of hydrogen-bond donors (Lipinski definition) is 0. The van der Waals surface area contributed by atoms with Crippen molar-refractivity contribution < 1.29 is 9.18 Å². The number of rotatable bonds is 2. The van der Waals surface area contributed by atoms with Crippen molar-refractivity contribution in [1.82, 2.24) is 4.90 Å². The Labute approximate surface area is 93.6 Å². The lowest BCUT2D eigenvalue weighted by atomic mass is 10.1. The van der Waals surface area contributed by atoms with Crippen LogP contribution < -0.4 is 0 Å². The van der Waals surface area contributed by atoms with Crippen molar-refractivity contribution in [2.45, 2.75) is 6.92 Å². The van der Waals surface area contributed by atoms with Crippen LogP contribution in [0.5, 0.6) is 0 Å². The third kappa shape index (κ3) is 1.83. The minimum absolute atomic E-state index is 0.130. The first-order valence-corrected chi connectivity index (χ1v) is 5.16. The van der Waals surface area contributed by atoms with Gasteiger partial charge in [0.2, 0.25) is 0 Å². The number of Topliss-reactive ketones (excluding diaryl/α,β-unsaturated/α-hetero) is 1. The molecule has 1 aromatic rings. The minimum atomic E-state index is -0.479. The van der Waals surface area contributed by atoms with Gasteiger partial charge in [-0.15, -0.1) is 0 Å². The van der Waals surface area contributed by atoms with E-state index >= 15 is 0 Å². The van der Waals surface area contributed by atoms with Gasteiger partial charge in [-0.25, -0.2) is 4.39 Å². The fraction of sp³-hybridized carbons (Fsp3) is 0.333. The Kier molecular flexibility index (Phi) is 2.73. The van der Waals surface area contributed by atoms with Crippen molar-refractivity contribution in [3.05, 3.63) is 35.1 Å². The van der Waals surface area contributed by atoms with Crippen LogP contribution in [0.2, 0.25) is 0 Å². The molecular formula is C12H13FN2O. The molecule has 1 aliphatic heterocycles. The molecule has 0 saturated heterocycles. The molecule has 4 heteroatoms. The van der Waals surface area contributed by atoms with Gasteiger partial charge in [-0.05, 0) is 19.1 Å². The summed E-state index contributed by atoms with van der Waals surface area (Å²) in [6, 6.07) is 4.62. The molecule has 0 saturated carbocycles. The molecule has 0 spiro atoms. The molecule has 84 valence electrons. The number of carbonyl (C=O) groups excluding carboxylic acids is 1. The predicted molar refractivity (Wildman–Crippen MR) is 60.4 cm³/mol. The molecule has 0 radical (unpaired) electrons. The van der Waals surface area contributed by atoms with E-state index in [1.165, 1.54) is 19.1 Å². The van der Waals surface area contributed by atoms with Gasteiger partial charge >= 0.3 is 0 Å². The van der Waals surface area contributed by atoms with E-state index in [1.807, 2.05) is 11.9 Å². The second-order valence-corrected chi connectivity index (χ2v) is 3.88. The zero-order valence-electron chi connectivity index (χ0n) is 9.33. The van der Waals surface area contributed by atoms with E-state index in [2.05, 4.69) is 4.99 Å². The summed E-state index contributed by atoms with van der Waals surface area (Å²) in [5.41, 5.74) is 0.854. The van der Waals surface area contributed by atoms with E-state index in [0.717, 1.165) is 24.5 Å². The molecule has 0 bridgehead atoms. The second-order valence-electron chi connectivity index (χ2n) is 3.88. The molecule has 2 rings (SSSR count). The van der Waals surface area contributed by atoms with Crippen molar-refractivity contribution >= 4 is 11.6 Å². The number of likely N-dealkylation sites (N-methyl/N-ethyl adjacent to an activating group) is 1. The number of ketones is 1. The fourth-order valence-corrected chi connectivity index (χ4v) is 1.78. The molecular weight excluding hydrogens is 207 g/mol. The summed E-state index contributed by atoms with van der Waals surface area (Å²) in [5.74, 6) is 0.0489. The molecule has 0 amide bonds. The molecule has 1 aliphatic rings. The quantitative estimate of drug-likeness (QED) is 0.711. The van der Waals surface area contributed by atoms with Crippen molar-refractivity contribution in [3.63, 3.8) is 0 Å². The van der Waals surface area contributed by atoms with E-state index < -0.39 is 5.82 Å². The number of amidine groups is 1. The normalized spacial score (nSPS) is 15.2. The lowest BCUT2D eigenvalue weighted by molar-refractivity contribution is 0.101. The lowest BCUT2D eigenvalue weighted by Gasteiger charge is -2.14. The summed E-state index contributed by atoms with van der Waals surface area (Å²) in [6.45, 7) is 2.95. The average molecular weight is 220 g/mol. The Morgan fingerprint density at radius 2 is 2.25 bits per heavy atom. The van der Waals surface area contributed by atoms with Crippen LogP contribution in [0, 0.1) is 5.82 Å². The lowest BCUT2D eigenvalue weighted by Crippen LogP contribution is -2.23. The maximum absolute atomic E-state index is 13.6. The zero-order chi connectivity index (χ0) is 11.7. The van der Waals surface area contributed by atoms with E-state index in [9.17, 15) is 9.18 Å². The summed E-state index contributed by atoms with van der Waals surface area (Å²) < 4.78 is 13.6. The Morgan fingerprint density at radius 1 is 1.50 bits per heavy atom. The van der Waals surface area contributed by atoms with Gasteiger partial charge in [0, 0.05) is 19.2 Å². The van der Waals surface area contributed by atoms with Crippen molar-refractivity contribution in [2.24, 2.45) is 4.99 Å². The number of nitrogens with zero attached hydrogens (tertiary/aromatic N) is 2. The zero-order valence-corrected chi connectivity index (χ0v) is 9.33. The third-order valence-corrected chi connectivity index (χ3v) is 2.67.